The highest BCUT2D eigenvalue weighted by molar-refractivity contribution is 5.47. The van der Waals surface area contributed by atoms with Crippen LogP contribution in [0, 0.1) is 18.8 Å². The number of nitrogens with zero attached hydrogens (tertiary/aromatic N) is 1. The molecule has 2 heteroatoms. The van der Waals surface area contributed by atoms with Crippen molar-refractivity contribution in [3.05, 3.63) is 29.3 Å². The van der Waals surface area contributed by atoms with E-state index in [1.807, 2.05) is 6.07 Å². The van der Waals surface area contributed by atoms with Crippen molar-refractivity contribution < 1.29 is 0 Å². The molecule has 0 radical (unpaired) electrons. The summed E-state index contributed by atoms with van der Waals surface area (Å²) in [6, 6.07) is 6.41. The highest BCUT2D eigenvalue weighted by Gasteiger charge is 2.22. The average molecular weight is 232 g/mol. The first-order chi connectivity index (χ1) is 8.06. The Kier molecular flexibility index (Phi) is 3.72. The molecular weight excluding hydrogens is 208 g/mol. The van der Waals surface area contributed by atoms with E-state index < -0.39 is 0 Å². The molecule has 1 fully saturated rings. The number of hydrogen-bond acceptors (Lipinski definition) is 2. The lowest BCUT2D eigenvalue weighted by atomic mass is 9.88. The van der Waals surface area contributed by atoms with E-state index in [1.54, 1.807) is 0 Å². The third-order valence-corrected chi connectivity index (χ3v) is 4.16. The summed E-state index contributed by atoms with van der Waals surface area (Å²) < 4.78 is 0. The van der Waals surface area contributed by atoms with Gasteiger partial charge in [-0.3, -0.25) is 4.90 Å². The summed E-state index contributed by atoms with van der Waals surface area (Å²) in [7, 11) is 0. The van der Waals surface area contributed by atoms with Crippen molar-refractivity contribution in [2.75, 3.05) is 18.8 Å². The van der Waals surface area contributed by atoms with Crippen molar-refractivity contribution in [3.8, 4) is 0 Å². The SMILES string of the molecule is Cc1cc(CN2CCC(C)C(C)C2)ccc1N. The van der Waals surface area contributed by atoms with Crippen molar-refractivity contribution >= 4 is 5.69 Å². The first-order valence-corrected chi connectivity index (χ1v) is 6.63. The lowest BCUT2D eigenvalue weighted by Gasteiger charge is -2.35. The number of piperidine rings is 1. The van der Waals surface area contributed by atoms with Crippen LogP contribution in [-0.2, 0) is 6.54 Å². The van der Waals surface area contributed by atoms with E-state index in [0.717, 1.165) is 24.1 Å². The molecule has 1 aliphatic heterocycles. The van der Waals surface area contributed by atoms with Gasteiger partial charge in [0.05, 0.1) is 0 Å². The second-order valence-electron chi connectivity index (χ2n) is 5.67. The van der Waals surface area contributed by atoms with Gasteiger partial charge in [0.2, 0.25) is 0 Å². The maximum Gasteiger partial charge on any atom is 0.0343 e. The van der Waals surface area contributed by atoms with Gasteiger partial charge in [-0.05, 0) is 48.9 Å². The molecular formula is C15H24N2. The third kappa shape index (κ3) is 3.01. The molecule has 1 aromatic rings. The summed E-state index contributed by atoms with van der Waals surface area (Å²) in [6.07, 6.45) is 1.33. The molecule has 2 N–H and O–H groups in total. The molecule has 2 rings (SSSR count). The Balaban J connectivity index is 1.99. The molecule has 1 aromatic carbocycles. The number of benzene rings is 1. The van der Waals surface area contributed by atoms with Crippen molar-refractivity contribution in [3.63, 3.8) is 0 Å². The molecule has 0 aromatic heterocycles. The summed E-state index contributed by atoms with van der Waals surface area (Å²) in [5.74, 6) is 1.69. The zero-order valence-electron chi connectivity index (χ0n) is 11.2. The Labute approximate surface area is 105 Å². The molecule has 0 saturated carbocycles. The van der Waals surface area contributed by atoms with Crippen molar-refractivity contribution in [2.24, 2.45) is 11.8 Å². The fraction of sp³-hybridized carbons (Fsp3) is 0.600. The van der Waals surface area contributed by atoms with Gasteiger partial charge < -0.3 is 5.73 Å². The second-order valence-corrected chi connectivity index (χ2v) is 5.67. The molecule has 94 valence electrons. The molecule has 1 heterocycles. The highest BCUT2D eigenvalue weighted by atomic mass is 15.1. The monoisotopic (exact) mass is 232 g/mol. The van der Waals surface area contributed by atoms with Crippen LogP contribution in [0.5, 0.6) is 0 Å². The highest BCUT2D eigenvalue weighted by Crippen LogP contribution is 2.24. The van der Waals surface area contributed by atoms with Crippen LogP contribution in [0.2, 0.25) is 0 Å². The maximum atomic E-state index is 5.85. The van der Waals surface area contributed by atoms with E-state index in [-0.39, 0.29) is 0 Å². The van der Waals surface area contributed by atoms with Crippen LogP contribution in [-0.4, -0.2) is 18.0 Å². The van der Waals surface area contributed by atoms with Gasteiger partial charge in [-0.1, -0.05) is 26.0 Å². The molecule has 0 bridgehead atoms. The number of hydrogen-bond donors (Lipinski definition) is 1. The number of rotatable bonds is 2. The number of likely N-dealkylation sites (tertiary alicyclic amines) is 1. The van der Waals surface area contributed by atoms with Gasteiger partial charge in [0, 0.05) is 18.8 Å². The lowest BCUT2D eigenvalue weighted by Crippen LogP contribution is -2.37. The summed E-state index contributed by atoms with van der Waals surface area (Å²) >= 11 is 0. The number of nitrogen functional groups attached to an aromatic ring is 1. The van der Waals surface area contributed by atoms with Crippen molar-refractivity contribution in [1.82, 2.24) is 4.90 Å². The van der Waals surface area contributed by atoms with Gasteiger partial charge in [-0.25, -0.2) is 0 Å². The molecule has 1 aliphatic rings. The molecule has 0 spiro atoms. The normalized spacial score (nSPS) is 26.1. The van der Waals surface area contributed by atoms with E-state index in [1.165, 1.54) is 30.6 Å². The molecule has 2 atom stereocenters. The molecule has 17 heavy (non-hydrogen) atoms. The van der Waals surface area contributed by atoms with Crippen LogP contribution in [0.4, 0.5) is 5.69 Å². The summed E-state index contributed by atoms with van der Waals surface area (Å²) in [6.45, 7) is 10.3. The largest absolute Gasteiger partial charge is 0.399 e. The first kappa shape index (κ1) is 12.4. The van der Waals surface area contributed by atoms with Gasteiger partial charge in [0.15, 0.2) is 0 Å². The Morgan fingerprint density at radius 3 is 2.71 bits per heavy atom. The molecule has 0 amide bonds. The second kappa shape index (κ2) is 5.09. The van der Waals surface area contributed by atoms with Gasteiger partial charge >= 0.3 is 0 Å². The Bertz CT molecular complexity index is 387. The minimum Gasteiger partial charge on any atom is -0.399 e. The number of nitrogens with two attached hydrogens (primary N) is 1. The smallest absolute Gasteiger partial charge is 0.0343 e. The van der Waals surface area contributed by atoms with Crippen LogP contribution in [0.25, 0.3) is 0 Å². The van der Waals surface area contributed by atoms with Crippen LogP contribution < -0.4 is 5.73 Å². The van der Waals surface area contributed by atoms with Gasteiger partial charge in [0.25, 0.3) is 0 Å². The van der Waals surface area contributed by atoms with Crippen molar-refractivity contribution in [1.29, 1.82) is 0 Å². The fourth-order valence-electron chi connectivity index (χ4n) is 2.59. The van der Waals surface area contributed by atoms with E-state index in [4.69, 9.17) is 5.73 Å². The average Bonchev–Trinajstić information content (AvgIpc) is 2.29. The van der Waals surface area contributed by atoms with E-state index in [9.17, 15) is 0 Å². The summed E-state index contributed by atoms with van der Waals surface area (Å²) in [5.41, 5.74) is 9.33. The Hall–Kier alpha value is -1.02. The molecule has 0 aliphatic carbocycles. The predicted molar refractivity (Wildman–Crippen MR) is 73.8 cm³/mol. The standard InChI is InChI=1S/C15H24N2/c1-11-6-7-17(9-13(11)3)10-14-4-5-15(16)12(2)8-14/h4-5,8,11,13H,6-7,9-10,16H2,1-3H3. The third-order valence-electron chi connectivity index (χ3n) is 4.16. The zero-order valence-corrected chi connectivity index (χ0v) is 11.2. The Morgan fingerprint density at radius 1 is 1.29 bits per heavy atom. The van der Waals surface area contributed by atoms with Gasteiger partial charge in [-0.2, -0.15) is 0 Å². The van der Waals surface area contributed by atoms with Crippen LogP contribution in [0.15, 0.2) is 18.2 Å². The quantitative estimate of drug-likeness (QED) is 0.794. The Morgan fingerprint density at radius 2 is 2.06 bits per heavy atom. The van der Waals surface area contributed by atoms with Crippen molar-refractivity contribution in [2.45, 2.75) is 33.7 Å². The zero-order chi connectivity index (χ0) is 12.4. The summed E-state index contributed by atoms with van der Waals surface area (Å²) in [5, 5.41) is 0. The fourth-order valence-corrected chi connectivity index (χ4v) is 2.59. The first-order valence-electron chi connectivity index (χ1n) is 6.63. The minimum atomic E-state index is 0.818. The van der Waals surface area contributed by atoms with Crippen LogP contribution >= 0.6 is 0 Å². The van der Waals surface area contributed by atoms with Crippen LogP contribution in [0.1, 0.15) is 31.4 Å². The number of aryl methyl sites for hydroxylation is 1. The molecule has 2 unspecified atom stereocenters. The van der Waals surface area contributed by atoms with Crippen LogP contribution in [0.3, 0.4) is 0 Å². The van der Waals surface area contributed by atoms with E-state index in [2.05, 4.69) is 37.8 Å². The topological polar surface area (TPSA) is 29.3 Å². The molecule has 2 nitrogen and oxygen atoms in total. The maximum absolute atomic E-state index is 5.85. The minimum absolute atomic E-state index is 0.818. The van der Waals surface area contributed by atoms with Gasteiger partial charge in [-0.15, -0.1) is 0 Å². The van der Waals surface area contributed by atoms with E-state index in [0.29, 0.717) is 0 Å². The van der Waals surface area contributed by atoms with Gasteiger partial charge in [0.1, 0.15) is 0 Å². The van der Waals surface area contributed by atoms with E-state index >= 15 is 0 Å². The molecule has 1 saturated heterocycles. The number of anilines is 1. The predicted octanol–water partition coefficient (Wildman–Crippen LogP) is 3.06. The lowest BCUT2D eigenvalue weighted by molar-refractivity contribution is 0.132. The summed E-state index contributed by atoms with van der Waals surface area (Å²) in [4.78, 5) is 2.57.